The first-order chi connectivity index (χ1) is 8.24. The number of aryl methyl sites for hydroxylation is 1. The Morgan fingerprint density at radius 3 is 2.88 bits per heavy atom. The molecule has 0 radical (unpaired) electrons. The van der Waals surface area contributed by atoms with Crippen molar-refractivity contribution < 1.29 is 9.18 Å². The van der Waals surface area contributed by atoms with Gasteiger partial charge in [0.2, 0.25) is 5.95 Å². The number of aldehydes is 1. The van der Waals surface area contributed by atoms with E-state index in [4.69, 9.17) is 0 Å². The summed E-state index contributed by atoms with van der Waals surface area (Å²) >= 11 is 0. The minimum absolute atomic E-state index is 0.0186. The minimum atomic E-state index is -0.700. The number of nitrogens with zero attached hydrogens (tertiary/aromatic N) is 1. The van der Waals surface area contributed by atoms with Crippen LogP contribution in [0.1, 0.15) is 35.7 Å². The molecule has 0 fully saturated rings. The van der Waals surface area contributed by atoms with Crippen LogP contribution in [0.3, 0.4) is 0 Å². The first-order valence-electron chi connectivity index (χ1n) is 5.79. The van der Waals surface area contributed by atoms with E-state index in [-0.39, 0.29) is 5.56 Å². The van der Waals surface area contributed by atoms with Crippen molar-refractivity contribution >= 4 is 17.2 Å². The smallest absolute Gasteiger partial charge is 0.224 e. The predicted molar refractivity (Wildman–Crippen MR) is 65.7 cm³/mol. The van der Waals surface area contributed by atoms with E-state index in [2.05, 4.69) is 11.9 Å². The van der Waals surface area contributed by atoms with E-state index in [9.17, 15) is 9.18 Å². The van der Waals surface area contributed by atoms with Gasteiger partial charge in [0.25, 0.3) is 0 Å². The molecule has 1 aromatic heterocycles. The summed E-state index contributed by atoms with van der Waals surface area (Å²) in [7, 11) is 0. The van der Waals surface area contributed by atoms with Gasteiger partial charge in [-0.3, -0.25) is 4.79 Å². The SMILES string of the molecule is CCCCc1ccc2nc(F)c(C=O)cc2c1. The van der Waals surface area contributed by atoms with Crippen LogP contribution in [0.2, 0.25) is 0 Å². The lowest BCUT2D eigenvalue weighted by molar-refractivity contribution is 0.111. The first kappa shape index (κ1) is 11.7. The molecule has 0 atom stereocenters. The van der Waals surface area contributed by atoms with E-state index in [1.807, 2.05) is 12.1 Å². The molecule has 1 heterocycles. The molecule has 0 saturated carbocycles. The van der Waals surface area contributed by atoms with Gasteiger partial charge < -0.3 is 0 Å². The van der Waals surface area contributed by atoms with Crippen LogP contribution in [-0.4, -0.2) is 11.3 Å². The van der Waals surface area contributed by atoms with Crippen molar-refractivity contribution in [3.05, 3.63) is 41.3 Å². The van der Waals surface area contributed by atoms with Gasteiger partial charge in [0.05, 0.1) is 11.1 Å². The number of rotatable bonds is 4. The van der Waals surface area contributed by atoms with Gasteiger partial charge in [-0.05, 0) is 36.6 Å². The Bertz CT molecular complexity index is 551. The number of pyridine rings is 1. The molecule has 0 aliphatic carbocycles. The monoisotopic (exact) mass is 231 g/mol. The zero-order valence-corrected chi connectivity index (χ0v) is 9.74. The van der Waals surface area contributed by atoms with E-state index in [1.54, 1.807) is 12.1 Å². The number of unbranched alkanes of at least 4 members (excludes halogenated alkanes) is 1. The molecule has 1 aromatic carbocycles. The van der Waals surface area contributed by atoms with Crippen LogP contribution in [0.25, 0.3) is 10.9 Å². The van der Waals surface area contributed by atoms with Crippen molar-refractivity contribution in [2.45, 2.75) is 26.2 Å². The maximum Gasteiger partial charge on any atom is 0.224 e. The highest BCUT2D eigenvalue weighted by Crippen LogP contribution is 2.18. The second-order valence-electron chi connectivity index (χ2n) is 4.12. The Morgan fingerprint density at radius 2 is 2.18 bits per heavy atom. The van der Waals surface area contributed by atoms with Gasteiger partial charge >= 0.3 is 0 Å². The van der Waals surface area contributed by atoms with Crippen molar-refractivity contribution in [3.63, 3.8) is 0 Å². The molecule has 0 spiro atoms. The maximum absolute atomic E-state index is 13.3. The van der Waals surface area contributed by atoms with Gasteiger partial charge in [0, 0.05) is 5.39 Å². The van der Waals surface area contributed by atoms with Crippen LogP contribution >= 0.6 is 0 Å². The summed E-state index contributed by atoms with van der Waals surface area (Å²) in [4.78, 5) is 14.4. The largest absolute Gasteiger partial charge is 0.298 e. The lowest BCUT2D eigenvalue weighted by Crippen LogP contribution is -1.94. The second-order valence-corrected chi connectivity index (χ2v) is 4.12. The normalized spacial score (nSPS) is 10.7. The number of hydrogen-bond donors (Lipinski definition) is 0. The third-order valence-electron chi connectivity index (χ3n) is 2.81. The number of carbonyl (C=O) groups is 1. The number of hydrogen-bond acceptors (Lipinski definition) is 2. The van der Waals surface area contributed by atoms with Gasteiger partial charge in [0.1, 0.15) is 0 Å². The van der Waals surface area contributed by atoms with E-state index in [1.165, 1.54) is 5.56 Å². The number of aromatic nitrogens is 1. The highest BCUT2D eigenvalue weighted by molar-refractivity contribution is 5.86. The average Bonchev–Trinajstić information content (AvgIpc) is 2.35. The van der Waals surface area contributed by atoms with E-state index in [0.29, 0.717) is 11.8 Å². The third-order valence-corrected chi connectivity index (χ3v) is 2.81. The van der Waals surface area contributed by atoms with Crippen molar-refractivity contribution in [1.82, 2.24) is 4.98 Å². The number of halogens is 1. The molecule has 0 bridgehead atoms. The van der Waals surface area contributed by atoms with Gasteiger partial charge in [-0.1, -0.05) is 19.4 Å². The molecule has 0 saturated heterocycles. The molecule has 2 aromatic rings. The minimum Gasteiger partial charge on any atom is -0.298 e. The average molecular weight is 231 g/mol. The molecule has 0 aliphatic heterocycles. The van der Waals surface area contributed by atoms with E-state index < -0.39 is 5.95 Å². The zero-order chi connectivity index (χ0) is 12.3. The van der Waals surface area contributed by atoms with Crippen LogP contribution in [0.4, 0.5) is 4.39 Å². The highest BCUT2D eigenvalue weighted by Gasteiger charge is 2.05. The Balaban J connectivity index is 2.45. The van der Waals surface area contributed by atoms with Crippen molar-refractivity contribution in [3.8, 4) is 0 Å². The maximum atomic E-state index is 13.3. The van der Waals surface area contributed by atoms with Gasteiger partial charge in [-0.15, -0.1) is 0 Å². The third kappa shape index (κ3) is 2.49. The summed E-state index contributed by atoms with van der Waals surface area (Å²) in [5.74, 6) is -0.700. The Morgan fingerprint density at radius 1 is 1.35 bits per heavy atom. The molecular formula is C14H14FNO. The molecule has 0 N–H and O–H groups in total. The van der Waals surface area contributed by atoms with E-state index in [0.717, 1.165) is 24.6 Å². The molecular weight excluding hydrogens is 217 g/mol. The number of carbonyl (C=O) groups excluding carboxylic acids is 1. The number of benzene rings is 1. The lowest BCUT2D eigenvalue weighted by atomic mass is 10.0. The lowest BCUT2D eigenvalue weighted by Gasteiger charge is -2.03. The summed E-state index contributed by atoms with van der Waals surface area (Å²) in [6.45, 7) is 2.14. The van der Waals surface area contributed by atoms with Crippen LogP contribution in [0.5, 0.6) is 0 Å². The molecule has 17 heavy (non-hydrogen) atoms. The van der Waals surface area contributed by atoms with Crippen molar-refractivity contribution in [2.24, 2.45) is 0 Å². The zero-order valence-electron chi connectivity index (χ0n) is 9.74. The first-order valence-corrected chi connectivity index (χ1v) is 5.79. The Hall–Kier alpha value is -1.77. The fraction of sp³-hybridized carbons (Fsp3) is 0.286. The van der Waals surface area contributed by atoms with Crippen LogP contribution in [0.15, 0.2) is 24.3 Å². The molecule has 0 amide bonds. The standard InChI is InChI=1S/C14H14FNO/c1-2-3-4-10-5-6-13-11(7-10)8-12(9-17)14(15)16-13/h5-9H,2-4H2,1H3. The number of fused-ring (bicyclic) bond motifs is 1. The fourth-order valence-electron chi connectivity index (χ4n) is 1.84. The van der Waals surface area contributed by atoms with Gasteiger partial charge in [-0.25, -0.2) is 4.98 Å². The van der Waals surface area contributed by atoms with Crippen LogP contribution in [-0.2, 0) is 6.42 Å². The van der Waals surface area contributed by atoms with Crippen LogP contribution < -0.4 is 0 Å². The predicted octanol–water partition coefficient (Wildman–Crippen LogP) is 3.53. The van der Waals surface area contributed by atoms with Crippen molar-refractivity contribution in [2.75, 3.05) is 0 Å². The summed E-state index contributed by atoms with van der Waals surface area (Å²) in [6.07, 6.45) is 3.76. The molecule has 0 aliphatic rings. The summed E-state index contributed by atoms with van der Waals surface area (Å²) in [6, 6.07) is 7.30. The van der Waals surface area contributed by atoms with Crippen LogP contribution in [0, 0.1) is 5.95 Å². The van der Waals surface area contributed by atoms with E-state index >= 15 is 0 Å². The molecule has 88 valence electrons. The molecule has 0 unspecified atom stereocenters. The summed E-state index contributed by atoms with van der Waals surface area (Å²) in [5, 5.41) is 0.821. The van der Waals surface area contributed by atoms with Gasteiger partial charge in [-0.2, -0.15) is 4.39 Å². The molecule has 2 rings (SSSR count). The highest BCUT2D eigenvalue weighted by atomic mass is 19.1. The fourth-order valence-corrected chi connectivity index (χ4v) is 1.84. The van der Waals surface area contributed by atoms with Crippen molar-refractivity contribution in [1.29, 1.82) is 0 Å². The topological polar surface area (TPSA) is 30.0 Å². The van der Waals surface area contributed by atoms with Gasteiger partial charge in [0.15, 0.2) is 6.29 Å². The Labute approximate surface area is 99.5 Å². The quantitative estimate of drug-likeness (QED) is 0.595. The molecule has 3 heteroatoms. The Kier molecular flexibility index (Phi) is 3.47. The second kappa shape index (κ2) is 5.04. The molecule has 2 nitrogen and oxygen atoms in total. The summed E-state index contributed by atoms with van der Waals surface area (Å²) in [5.41, 5.74) is 1.81. The summed E-state index contributed by atoms with van der Waals surface area (Å²) < 4.78 is 13.3.